The van der Waals surface area contributed by atoms with Crippen LogP contribution in [0, 0.1) is 30.2 Å². The van der Waals surface area contributed by atoms with Gasteiger partial charge in [-0.15, -0.1) is 0 Å². The fourth-order valence-corrected chi connectivity index (χ4v) is 18.1. The van der Waals surface area contributed by atoms with Crippen molar-refractivity contribution in [2.24, 2.45) is 0 Å². The van der Waals surface area contributed by atoms with Gasteiger partial charge in [-0.3, -0.25) is 22.0 Å². The van der Waals surface area contributed by atoms with E-state index < -0.39 is 11.6 Å². The molecule has 0 aliphatic heterocycles. The van der Waals surface area contributed by atoms with Crippen LogP contribution in [0.3, 0.4) is 0 Å². The lowest BCUT2D eigenvalue weighted by molar-refractivity contribution is 0.461. The summed E-state index contributed by atoms with van der Waals surface area (Å²) in [7, 11) is 0. The monoisotopic (exact) mass is 1650 g/mol. The van der Waals surface area contributed by atoms with Crippen molar-refractivity contribution in [3.05, 3.63) is 287 Å². The van der Waals surface area contributed by atoms with Gasteiger partial charge >= 0.3 is 0 Å². The van der Waals surface area contributed by atoms with Crippen molar-refractivity contribution in [1.29, 1.82) is 0 Å². The molecular weight excluding hydrogens is 1560 g/mol. The predicted octanol–water partition coefficient (Wildman–Crippen LogP) is 26.9. The third-order valence-corrected chi connectivity index (χ3v) is 24.5. The van der Waals surface area contributed by atoms with E-state index in [1.807, 2.05) is 173 Å². The molecule has 22 heteroatoms. The Balaban J connectivity index is 0.000000107. The average molecular weight is 1650 g/mol. The lowest BCUT2D eigenvalue weighted by Crippen LogP contribution is -2.23. The van der Waals surface area contributed by atoms with Crippen LogP contribution in [0.4, 0.5) is 52.3 Å². The Hall–Kier alpha value is -11.4. The maximum atomic E-state index is 14.6. The first-order chi connectivity index (χ1) is 58.3. The summed E-state index contributed by atoms with van der Waals surface area (Å²) >= 11 is 19.2. The van der Waals surface area contributed by atoms with Gasteiger partial charge in [0, 0.05) is 83.1 Å². The van der Waals surface area contributed by atoms with Crippen LogP contribution in [0.1, 0.15) is 158 Å². The third-order valence-electron chi connectivity index (χ3n) is 23.5. The molecule has 0 radical (unpaired) electrons. The second-order valence-corrected chi connectivity index (χ2v) is 33.0. The highest BCUT2D eigenvalue weighted by Gasteiger charge is 2.32. The molecule has 5 N–H and O–H groups in total. The Morgan fingerprint density at radius 2 is 0.681 bits per heavy atom. The zero-order valence-corrected chi connectivity index (χ0v) is 68.8. The molecule has 0 spiro atoms. The van der Waals surface area contributed by atoms with E-state index in [1.165, 1.54) is 133 Å². The van der Waals surface area contributed by atoms with E-state index in [9.17, 15) is 17.6 Å². The molecule has 0 bridgehead atoms. The number of hydrogen-bond acceptors (Lipinski definition) is 10. The summed E-state index contributed by atoms with van der Waals surface area (Å²) in [5, 5.41) is 22.3. The topological polar surface area (TPSA) is 147 Å². The number of anilines is 6. The van der Waals surface area contributed by atoms with Gasteiger partial charge in [-0.2, -0.15) is 0 Å². The number of halogens is 7. The maximum absolute atomic E-state index is 14.6. The lowest BCUT2D eigenvalue weighted by Gasteiger charge is -2.24. The molecule has 5 aliphatic carbocycles. The SMILES string of the molecule is Cc1cccc(Cl)c1Nc1c(C2CC2)nc2ccccn12.Clc1cccc(Cl)c1-c1nc2ccccn2c1NC1CCCCC1.Fc1cccc(F)c1-c1nc2ccccn2c1NC1CCCCC1.Fc1ccccc1-c1nc2c3ccccc3ccn2c1NC1CCCCC1.Fc1ccccc1-c1nc2ccccn2c1NC1CCCCC1. The van der Waals surface area contributed by atoms with Crippen molar-refractivity contribution in [2.75, 3.05) is 26.6 Å². The van der Waals surface area contributed by atoms with E-state index >= 15 is 0 Å². The van der Waals surface area contributed by atoms with Crippen molar-refractivity contribution in [2.45, 2.75) is 178 Å². The van der Waals surface area contributed by atoms with Crippen LogP contribution in [0.5, 0.6) is 0 Å². The molecule has 0 atom stereocenters. The molecular formula is C97H96Cl3F4N15. The number of hydrogen-bond donors (Lipinski definition) is 5. The summed E-state index contributed by atoms with van der Waals surface area (Å²) < 4.78 is 67.7. The molecule has 0 amide bonds. The summed E-state index contributed by atoms with van der Waals surface area (Å²) in [4.78, 5) is 23.6. The average Bonchev–Trinajstić information content (AvgIpc) is 1.59. The number of nitrogens with zero attached hydrogens (tertiary/aromatic N) is 10. The summed E-state index contributed by atoms with van der Waals surface area (Å²) in [5.74, 6) is 3.41. The zero-order chi connectivity index (χ0) is 81.3. The Kier molecular flexibility index (Phi) is 24.8. The highest BCUT2D eigenvalue weighted by molar-refractivity contribution is 6.39. The number of aromatic nitrogens is 10. The minimum absolute atomic E-state index is 0.0699. The largest absolute Gasteiger partial charge is 0.367 e. The van der Waals surface area contributed by atoms with Gasteiger partial charge in [0.05, 0.1) is 32.0 Å². The molecule has 5 aliphatic rings. The standard InChI is InChI=1S/C23H22FN3.C19H19Cl2N3.C19H19F2N3.C19H20FN3.C17H16ClN3/c24-20-13-7-6-12-19(20)21-23(25-17-9-2-1-3-10-17)27-15-14-16-8-4-5-11-18(16)22(27)26-21;2*20-14-9-6-10-15(21)17(14)18-19(22-13-7-2-1-3-8-13)24-12-5-4-11-16(24)23-18;20-16-11-5-4-10-15(16)18-19(21-14-8-2-1-3-9-14)23-13-7-6-12-17(23)22-18;1-11-5-4-6-13(18)15(11)20-17-16(12-8-9-12)19-14-7-2-3-10-21(14)17/h4-8,11-15,17,25H,1-3,9-10H2;2*4-6,9-13,22H,1-3,7-8H2;4-7,10-14,21H,1-3,8-9H2;2-7,10,12,20H,8-9H2,1H3. The first-order valence-corrected chi connectivity index (χ1v) is 43.2. The molecule has 0 saturated heterocycles. The molecule has 5 fully saturated rings. The number of para-hydroxylation sites is 1. The number of benzene rings is 6. The van der Waals surface area contributed by atoms with Gasteiger partial charge < -0.3 is 26.6 Å². The van der Waals surface area contributed by atoms with Crippen LogP contribution < -0.4 is 26.6 Å². The zero-order valence-electron chi connectivity index (χ0n) is 66.6. The van der Waals surface area contributed by atoms with Crippen LogP contribution in [0.2, 0.25) is 15.1 Å². The van der Waals surface area contributed by atoms with Crippen LogP contribution in [0.25, 0.3) is 84.0 Å². The van der Waals surface area contributed by atoms with Gasteiger partial charge in [0.25, 0.3) is 0 Å². The van der Waals surface area contributed by atoms with Crippen LogP contribution in [-0.2, 0) is 0 Å². The normalized spacial score (nSPS) is 15.5. The number of nitrogens with one attached hydrogen (secondary N) is 5. The Labute approximate surface area is 705 Å². The second kappa shape index (κ2) is 36.9. The van der Waals surface area contributed by atoms with E-state index in [4.69, 9.17) is 49.8 Å². The van der Waals surface area contributed by atoms with E-state index in [0.717, 1.165) is 128 Å². The summed E-state index contributed by atoms with van der Waals surface area (Å²) in [6, 6.07) is 64.7. The van der Waals surface area contributed by atoms with Gasteiger partial charge in [0.15, 0.2) is 0 Å². The molecule has 10 aromatic heterocycles. The number of aryl methyl sites for hydroxylation is 1. The Morgan fingerprint density at radius 1 is 0.311 bits per heavy atom. The number of pyridine rings is 5. The van der Waals surface area contributed by atoms with Crippen molar-refractivity contribution in [1.82, 2.24) is 46.9 Å². The quantitative estimate of drug-likeness (QED) is 0.0629. The van der Waals surface area contributed by atoms with E-state index in [0.29, 0.717) is 79.8 Å². The van der Waals surface area contributed by atoms with Gasteiger partial charge in [-0.1, -0.05) is 209 Å². The fourth-order valence-electron chi connectivity index (χ4n) is 17.2. The maximum Gasteiger partial charge on any atom is 0.147 e. The molecule has 21 rings (SSSR count). The second-order valence-electron chi connectivity index (χ2n) is 31.8. The Morgan fingerprint density at radius 3 is 1.15 bits per heavy atom. The first kappa shape index (κ1) is 80.1. The fraction of sp³-hybridized carbons (Fsp3) is 0.289. The van der Waals surface area contributed by atoms with Crippen LogP contribution in [-0.4, -0.2) is 71.1 Å². The van der Waals surface area contributed by atoms with E-state index in [-0.39, 0.29) is 17.2 Å². The highest BCUT2D eigenvalue weighted by atomic mass is 35.5. The van der Waals surface area contributed by atoms with Gasteiger partial charge in [0.2, 0.25) is 0 Å². The molecule has 5 saturated carbocycles. The van der Waals surface area contributed by atoms with Gasteiger partial charge in [-0.25, -0.2) is 42.5 Å². The lowest BCUT2D eigenvalue weighted by atomic mass is 9.95. The predicted molar refractivity (Wildman–Crippen MR) is 478 cm³/mol. The van der Waals surface area contributed by atoms with Crippen molar-refractivity contribution < 1.29 is 17.6 Å². The molecule has 0 unspecified atom stereocenters. The molecule has 6 aromatic carbocycles. The number of rotatable bonds is 15. The Bertz CT molecular complexity index is 6010. The third kappa shape index (κ3) is 17.9. The minimum atomic E-state index is -0.592. The van der Waals surface area contributed by atoms with Crippen molar-refractivity contribution in [3.63, 3.8) is 0 Å². The summed E-state index contributed by atoms with van der Waals surface area (Å²) in [5.41, 5.74) is 11.9. The summed E-state index contributed by atoms with van der Waals surface area (Å²) in [6.45, 7) is 2.06. The molecule has 15 nitrogen and oxygen atoms in total. The molecule has 119 heavy (non-hydrogen) atoms. The summed E-state index contributed by atoms with van der Waals surface area (Å²) in [6.07, 6.45) is 36.6. The van der Waals surface area contributed by atoms with Crippen LogP contribution in [0.15, 0.2) is 237 Å². The van der Waals surface area contributed by atoms with Gasteiger partial charge in [-0.05, 0) is 191 Å². The first-order valence-electron chi connectivity index (χ1n) is 42.1. The number of imidazole rings is 5. The van der Waals surface area contributed by atoms with Crippen LogP contribution >= 0.6 is 34.8 Å². The van der Waals surface area contributed by atoms with Gasteiger partial charge in [0.1, 0.15) is 103 Å². The van der Waals surface area contributed by atoms with Crippen molar-refractivity contribution >= 4 is 109 Å². The minimum Gasteiger partial charge on any atom is -0.367 e. The smallest absolute Gasteiger partial charge is 0.147 e. The van der Waals surface area contributed by atoms with Crippen molar-refractivity contribution in [3.8, 4) is 45.0 Å². The molecule has 10 heterocycles. The van der Waals surface area contributed by atoms with E-state index in [1.54, 1.807) is 18.2 Å². The van der Waals surface area contributed by atoms with E-state index in [2.05, 4.69) is 80.9 Å². The molecule has 608 valence electrons. The number of fused-ring (bicyclic) bond motifs is 7. The molecule has 16 aromatic rings. The highest BCUT2D eigenvalue weighted by Crippen LogP contribution is 2.46.